The first kappa shape index (κ1) is 15.1. The van der Waals surface area contributed by atoms with E-state index in [2.05, 4.69) is 0 Å². The zero-order chi connectivity index (χ0) is 15.7. The van der Waals surface area contributed by atoms with Crippen LogP contribution in [-0.4, -0.2) is 18.2 Å². The minimum atomic E-state index is -0.242. The molecule has 2 aromatic carbocycles. The van der Waals surface area contributed by atoms with Gasteiger partial charge in [-0.15, -0.1) is 0 Å². The molecule has 22 heavy (non-hydrogen) atoms. The summed E-state index contributed by atoms with van der Waals surface area (Å²) in [4.78, 5) is 23.8. The summed E-state index contributed by atoms with van der Waals surface area (Å²) in [6.45, 7) is -0.145. The van der Waals surface area contributed by atoms with Crippen LogP contribution in [0, 0.1) is 0 Å². The molecule has 112 valence electrons. The SMILES string of the molecule is O=C(COc1ccc2c(c1)C(=O)CC2)c1ccc(Cl)cc1Cl. The molecule has 0 aromatic heterocycles. The third-order valence-corrected chi connectivity index (χ3v) is 4.15. The number of halogens is 2. The molecule has 0 unspecified atom stereocenters. The molecule has 1 aliphatic carbocycles. The molecule has 0 N–H and O–H groups in total. The molecule has 0 aliphatic heterocycles. The summed E-state index contributed by atoms with van der Waals surface area (Å²) in [7, 11) is 0. The van der Waals surface area contributed by atoms with Gasteiger partial charge in [-0.3, -0.25) is 9.59 Å². The third kappa shape index (κ3) is 3.01. The van der Waals surface area contributed by atoms with Crippen LogP contribution in [0.25, 0.3) is 0 Å². The van der Waals surface area contributed by atoms with Crippen LogP contribution in [0.15, 0.2) is 36.4 Å². The summed E-state index contributed by atoms with van der Waals surface area (Å²) < 4.78 is 5.49. The largest absolute Gasteiger partial charge is 0.485 e. The number of Topliss-reactive ketones (excluding diaryl/α,β-unsaturated/α-hetero) is 2. The van der Waals surface area contributed by atoms with Gasteiger partial charge in [-0.05, 0) is 42.3 Å². The maximum Gasteiger partial charge on any atom is 0.201 e. The lowest BCUT2D eigenvalue weighted by Gasteiger charge is -2.08. The molecule has 0 radical (unpaired) electrons. The Morgan fingerprint density at radius 3 is 2.68 bits per heavy atom. The highest BCUT2D eigenvalue weighted by Gasteiger charge is 2.20. The molecule has 0 heterocycles. The summed E-state index contributed by atoms with van der Waals surface area (Å²) in [6.07, 6.45) is 1.31. The Bertz CT molecular complexity index is 768. The van der Waals surface area contributed by atoms with Gasteiger partial charge in [0.15, 0.2) is 12.4 Å². The molecule has 0 bridgehead atoms. The summed E-state index contributed by atoms with van der Waals surface area (Å²) in [6, 6.07) is 10.0. The maximum atomic E-state index is 12.1. The Morgan fingerprint density at radius 2 is 1.91 bits per heavy atom. The first-order valence-corrected chi connectivity index (χ1v) is 7.57. The molecule has 0 fully saturated rings. The van der Waals surface area contributed by atoms with Crippen molar-refractivity contribution in [2.75, 3.05) is 6.61 Å². The molecular weight excluding hydrogens is 323 g/mol. The van der Waals surface area contributed by atoms with Gasteiger partial charge >= 0.3 is 0 Å². The predicted octanol–water partition coefficient (Wildman–Crippen LogP) is 4.38. The number of fused-ring (bicyclic) bond motifs is 1. The molecule has 2 aromatic rings. The smallest absolute Gasteiger partial charge is 0.201 e. The zero-order valence-corrected chi connectivity index (χ0v) is 13.1. The van der Waals surface area contributed by atoms with Gasteiger partial charge in [0.25, 0.3) is 0 Å². The number of hydrogen-bond acceptors (Lipinski definition) is 3. The fourth-order valence-electron chi connectivity index (χ4n) is 2.45. The highest BCUT2D eigenvalue weighted by molar-refractivity contribution is 6.36. The van der Waals surface area contributed by atoms with Gasteiger partial charge in [0, 0.05) is 22.6 Å². The van der Waals surface area contributed by atoms with E-state index in [0.717, 1.165) is 12.0 Å². The van der Waals surface area contributed by atoms with E-state index < -0.39 is 0 Å². The van der Waals surface area contributed by atoms with Crippen molar-refractivity contribution in [2.24, 2.45) is 0 Å². The van der Waals surface area contributed by atoms with Crippen molar-refractivity contribution in [2.45, 2.75) is 12.8 Å². The van der Waals surface area contributed by atoms with E-state index in [9.17, 15) is 9.59 Å². The highest BCUT2D eigenvalue weighted by Crippen LogP contribution is 2.26. The second kappa shape index (κ2) is 6.11. The van der Waals surface area contributed by atoms with Gasteiger partial charge in [0.2, 0.25) is 5.78 Å². The van der Waals surface area contributed by atoms with Gasteiger partial charge < -0.3 is 4.74 Å². The monoisotopic (exact) mass is 334 g/mol. The molecule has 0 amide bonds. The fourth-order valence-corrected chi connectivity index (χ4v) is 2.96. The summed E-state index contributed by atoms with van der Waals surface area (Å²) in [5.41, 5.74) is 2.09. The molecule has 0 saturated heterocycles. The molecule has 0 atom stereocenters. The summed E-state index contributed by atoms with van der Waals surface area (Å²) in [5.74, 6) is 0.383. The highest BCUT2D eigenvalue weighted by atomic mass is 35.5. The molecule has 0 spiro atoms. The number of aryl methyl sites for hydroxylation is 1. The predicted molar refractivity (Wildman–Crippen MR) is 85.4 cm³/mol. The van der Waals surface area contributed by atoms with Crippen molar-refractivity contribution in [3.8, 4) is 5.75 Å². The van der Waals surface area contributed by atoms with Gasteiger partial charge in [-0.25, -0.2) is 0 Å². The second-order valence-electron chi connectivity index (χ2n) is 5.08. The van der Waals surface area contributed by atoms with E-state index in [-0.39, 0.29) is 18.2 Å². The van der Waals surface area contributed by atoms with E-state index in [0.29, 0.717) is 33.3 Å². The van der Waals surface area contributed by atoms with Gasteiger partial charge in [-0.2, -0.15) is 0 Å². The molecule has 0 saturated carbocycles. The third-order valence-electron chi connectivity index (χ3n) is 3.60. The lowest BCUT2D eigenvalue weighted by atomic mass is 10.1. The average Bonchev–Trinajstić information content (AvgIpc) is 2.86. The Hall–Kier alpha value is -1.84. The number of benzene rings is 2. The van der Waals surface area contributed by atoms with E-state index >= 15 is 0 Å². The minimum Gasteiger partial charge on any atom is -0.485 e. The number of carbonyl (C=O) groups is 2. The number of rotatable bonds is 4. The quantitative estimate of drug-likeness (QED) is 0.779. The van der Waals surface area contributed by atoms with Crippen LogP contribution in [0.2, 0.25) is 10.0 Å². The van der Waals surface area contributed by atoms with Crippen LogP contribution in [-0.2, 0) is 6.42 Å². The second-order valence-corrected chi connectivity index (χ2v) is 5.92. The van der Waals surface area contributed by atoms with E-state index in [1.807, 2.05) is 6.07 Å². The Kier molecular flexibility index (Phi) is 4.19. The standard InChI is InChI=1S/C17H12Cl2O3/c18-11-3-5-13(15(19)7-11)17(21)9-22-12-4-1-10-2-6-16(20)14(10)8-12/h1,3-5,7-8H,2,6,9H2. The van der Waals surface area contributed by atoms with Crippen LogP contribution in [0.5, 0.6) is 5.75 Å². The number of ether oxygens (including phenoxy) is 1. The number of carbonyl (C=O) groups excluding carboxylic acids is 2. The van der Waals surface area contributed by atoms with Crippen LogP contribution in [0.4, 0.5) is 0 Å². The Labute approximate surface area is 137 Å². The first-order valence-electron chi connectivity index (χ1n) is 6.82. The molecule has 1 aliphatic rings. The van der Waals surface area contributed by atoms with Crippen LogP contribution < -0.4 is 4.74 Å². The minimum absolute atomic E-state index is 0.118. The lowest BCUT2D eigenvalue weighted by molar-refractivity contribution is 0.0921. The molecule has 3 rings (SSSR count). The van der Waals surface area contributed by atoms with Crippen molar-refractivity contribution in [1.82, 2.24) is 0 Å². The Morgan fingerprint density at radius 1 is 1.09 bits per heavy atom. The number of ketones is 2. The Balaban J connectivity index is 1.71. The molecular formula is C17H12Cl2O3. The van der Waals surface area contributed by atoms with Crippen molar-refractivity contribution < 1.29 is 14.3 Å². The molecule has 5 heteroatoms. The van der Waals surface area contributed by atoms with Crippen LogP contribution in [0.1, 0.15) is 32.7 Å². The molecule has 3 nitrogen and oxygen atoms in total. The van der Waals surface area contributed by atoms with Crippen molar-refractivity contribution in [3.05, 3.63) is 63.1 Å². The normalized spacial score (nSPS) is 13.1. The summed E-state index contributed by atoms with van der Waals surface area (Å²) in [5, 5.41) is 0.768. The van der Waals surface area contributed by atoms with E-state index in [1.165, 1.54) is 6.07 Å². The van der Waals surface area contributed by atoms with Gasteiger partial charge in [-0.1, -0.05) is 29.3 Å². The zero-order valence-electron chi connectivity index (χ0n) is 11.6. The number of hydrogen-bond donors (Lipinski definition) is 0. The van der Waals surface area contributed by atoms with Gasteiger partial charge in [0.05, 0.1) is 5.02 Å². The first-order chi connectivity index (χ1) is 10.5. The van der Waals surface area contributed by atoms with Crippen LogP contribution >= 0.6 is 23.2 Å². The van der Waals surface area contributed by atoms with E-state index in [4.69, 9.17) is 27.9 Å². The fraction of sp³-hybridized carbons (Fsp3) is 0.176. The maximum absolute atomic E-state index is 12.1. The lowest BCUT2D eigenvalue weighted by Crippen LogP contribution is -2.12. The van der Waals surface area contributed by atoms with Crippen LogP contribution in [0.3, 0.4) is 0 Å². The van der Waals surface area contributed by atoms with E-state index in [1.54, 1.807) is 24.3 Å². The van der Waals surface area contributed by atoms with Crippen molar-refractivity contribution in [3.63, 3.8) is 0 Å². The van der Waals surface area contributed by atoms with Crippen molar-refractivity contribution >= 4 is 34.8 Å². The van der Waals surface area contributed by atoms with Crippen molar-refractivity contribution in [1.29, 1.82) is 0 Å². The summed E-state index contributed by atoms with van der Waals surface area (Å²) >= 11 is 11.8. The average molecular weight is 335 g/mol. The topological polar surface area (TPSA) is 43.4 Å². The van der Waals surface area contributed by atoms with Gasteiger partial charge in [0.1, 0.15) is 5.75 Å².